The molecule has 0 saturated carbocycles. The van der Waals surface area contributed by atoms with Crippen LogP contribution in [-0.2, 0) is 11.2 Å². The minimum Gasteiger partial charge on any atom is -0.465 e. The largest absolute Gasteiger partial charge is 0.465 e. The number of methoxy groups -OCH3 is 1. The number of thioether (sulfide) groups is 1. The second-order valence-corrected chi connectivity index (χ2v) is 10.9. The molecule has 1 unspecified atom stereocenters. The van der Waals surface area contributed by atoms with E-state index in [2.05, 4.69) is 54.8 Å². The number of ether oxygens (including phenoxy) is 1. The second-order valence-electron chi connectivity index (χ2n) is 9.00. The topological polar surface area (TPSA) is 60.7 Å². The molecular formula is C30H24N2O3S2. The predicted octanol–water partition coefficient (Wildman–Crippen LogP) is 4.83. The molecule has 1 atom stereocenters. The number of esters is 1. The van der Waals surface area contributed by atoms with Gasteiger partial charge in [0.15, 0.2) is 4.80 Å². The van der Waals surface area contributed by atoms with Crippen LogP contribution in [0.1, 0.15) is 45.1 Å². The smallest absolute Gasteiger partial charge is 0.337 e. The Morgan fingerprint density at radius 1 is 1.05 bits per heavy atom. The van der Waals surface area contributed by atoms with Gasteiger partial charge in [0, 0.05) is 10.5 Å². The van der Waals surface area contributed by atoms with Crippen molar-refractivity contribution in [2.24, 2.45) is 4.99 Å². The van der Waals surface area contributed by atoms with Gasteiger partial charge in [0.25, 0.3) is 5.56 Å². The Morgan fingerprint density at radius 3 is 2.54 bits per heavy atom. The monoisotopic (exact) mass is 524 g/mol. The van der Waals surface area contributed by atoms with Crippen LogP contribution in [0.5, 0.6) is 0 Å². The van der Waals surface area contributed by atoms with E-state index in [4.69, 9.17) is 9.73 Å². The minimum absolute atomic E-state index is 0.0508. The lowest BCUT2D eigenvalue weighted by molar-refractivity contribution is 0.0600. The van der Waals surface area contributed by atoms with Crippen molar-refractivity contribution in [3.05, 3.63) is 126 Å². The SMILES string of the molecule is COC(=O)c1ccc(C=c2sc3n(c2=O)C(c2ccc(SC)cc2)C2=C(N=3)c3ccccc3CC2)cc1. The van der Waals surface area contributed by atoms with E-state index in [1.807, 2.05) is 22.8 Å². The highest BCUT2D eigenvalue weighted by molar-refractivity contribution is 7.98. The number of hydrogen-bond acceptors (Lipinski definition) is 6. The Labute approximate surface area is 222 Å². The highest BCUT2D eigenvalue weighted by Gasteiger charge is 2.32. The molecule has 1 aromatic heterocycles. The molecule has 3 aromatic carbocycles. The molecule has 5 nitrogen and oxygen atoms in total. The number of carbonyl (C=O) groups excluding carboxylic acids is 1. The molecule has 0 bridgehead atoms. The third-order valence-electron chi connectivity index (χ3n) is 6.93. The number of rotatable bonds is 4. The molecule has 0 radical (unpaired) electrons. The van der Waals surface area contributed by atoms with Crippen molar-refractivity contribution < 1.29 is 9.53 Å². The van der Waals surface area contributed by atoms with Crippen molar-refractivity contribution in [3.63, 3.8) is 0 Å². The van der Waals surface area contributed by atoms with Gasteiger partial charge in [-0.15, -0.1) is 11.8 Å². The van der Waals surface area contributed by atoms with Gasteiger partial charge in [0.05, 0.1) is 28.9 Å². The Hall–Kier alpha value is -3.68. The summed E-state index contributed by atoms with van der Waals surface area (Å²) in [6.07, 6.45) is 5.73. The number of aryl methyl sites for hydroxylation is 1. The lowest BCUT2D eigenvalue weighted by atomic mass is 9.83. The van der Waals surface area contributed by atoms with Crippen LogP contribution in [0.3, 0.4) is 0 Å². The first-order chi connectivity index (χ1) is 18.1. The average Bonchev–Trinajstić information content (AvgIpc) is 3.26. The van der Waals surface area contributed by atoms with Crippen molar-refractivity contribution in [3.8, 4) is 0 Å². The Morgan fingerprint density at radius 2 is 1.81 bits per heavy atom. The number of nitrogens with zero attached hydrogens (tertiary/aromatic N) is 2. The normalized spacial score (nSPS) is 16.5. The van der Waals surface area contributed by atoms with Crippen molar-refractivity contribution in [1.82, 2.24) is 4.57 Å². The molecule has 2 heterocycles. The van der Waals surface area contributed by atoms with Crippen molar-refractivity contribution in [1.29, 1.82) is 0 Å². The number of allylic oxidation sites excluding steroid dienone is 1. The van der Waals surface area contributed by atoms with Crippen molar-refractivity contribution in [2.75, 3.05) is 13.4 Å². The van der Waals surface area contributed by atoms with E-state index in [0.29, 0.717) is 14.9 Å². The molecule has 37 heavy (non-hydrogen) atoms. The van der Waals surface area contributed by atoms with E-state index >= 15 is 0 Å². The van der Waals surface area contributed by atoms with E-state index in [0.717, 1.165) is 35.2 Å². The third kappa shape index (κ3) is 4.18. The lowest BCUT2D eigenvalue weighted by Crippen LogP contribution is -2.38. The number of thiazole rings is 1. The molecule has 0 saturated heterocycles. The van der Waals surface area contributed by atoms with E-state index in [1.165, 1.54) is 34.5 Å². The van der Waals surface area contributed by atoms with Crippen LogP contribution < -0.4 is 14.9 Å². The van der Waals surface area contributed by atoms with Crippen LogP contribution in [-0.4, -0.2) is 23.9 Å². The van der Waals surface area contributed by atoms with Crippen LogP contribution in [0, 0.1) is 0 Å². The molecule has 0 spiro atoms. The highest BCUT2D eigenvalue weighted by Crippen LogP contribution is 2.41. The summed E-state index contributed by atoms with van der Waals surface area (Å²) >= 11 is 3.11. The summed E-state index contributed by atoms with van der Waals surface area (Å²) < 4.78 is 7.27. The van der Waals surface area contributed by atoms with Gasteiger partial charge in [-0.2, -0.15) is 0 Å². The molecule has 7 heteroatoms. The van der Waals surface area contributed by atoms with E-state index in [1.54, 1.807) is 23.9 Å². The van der Waals surface area contributed by atoms with Crippen LogP contribution in [0.2, 0.25) is 0 Å². The molecule has 2 aliphatic rings. The summed E-state index contributed by atoms with van der Waals surface area (Å²) in [5.74, 6) is -0.385. The quantitative estimate of drug-likeness (QED) is 0.284. The van der Waals surface area contributed by atoms with E-state index in [9.17, 15) is 9.59 Å². The van der Waals surface area contributed by atoms with E-state index in [-0.39, 0.29) is 17.6 Å². The first-order valence-corrected chi connectivity index (χ1v) is 14.1. The number of hydrogen-bond donors (Lipinski definition) is 0. The summed E-state index contributed by atoms with van der Waals surface area (Å²) in [6, 6.07) is 23.8. The Kier molecular flexibility index (Phi) is 6.18. The lowest BCUT2D eigenvalue weighted by Gasteiger charge is -2.30. The summed E-state index contributed by atoms with van der Waals surface area (Å²) in [4.78, 5) is 32.6. The second kappa shape index (κ2) is 9.65. The molecule has 1 aliphatic carbocycles. The summed E-state index contributed by atoms with van der Waals surface area (Å²) in [5, 5.41) is 0. The predicted molar refractivity (Wildman–Crippen MR) is 149 cm³/mol. The van der Waals surface area contributed by atoms with Crippen LogP contribution in [0.4, 0.5) is 0 Å². The van der Waals surface area contributed by atoms with Crippen LogP contribution in [0.25, 0.3) is 11.8 Å². The number of carbonyl (C=O) groups is 1. The molecule has 6 rings (SSSR count). The maximum Gasteiger partial charge on any atom is 0.337 e. The Balaban J connectivity index is 1.54. The van der Waals surface area contributed by atoms with Crippen LogP contribution >= 0.6 is 23.1 Å². The van der Waals surface area contributed by atoms with Gasteiger partial charge >= 0.3 is 5.97 Å². The number of aromatic nitrogens is 1. The van der Waals surface area contributed by atoms with Gasteiger partial charge in [-0.05, 0) is 71.7 Å². The highest BCUT2D eigenvalue weighted by atomic mass is 32.2. The fraction of sp³-hybridized carbons (Fsp3) is 0.167. The van der Waals surface area contributed by atoms with Gasteiger partial charge in [-0.1, -0.05) is 59.9 Å². The maximum absolute atomic E-state index is 13.8. The molecule has 0 amide bonds. The van der Waals surface area contributed by atoms with Crippen LogP contribution in [0.15, 0.2) is 93.1 Å². The zero-order chi connectivity index (χ0) is 25.5. The van der Waals surface area contributed by atoms with Crippen molar-refractivity contribution >= 4 is 40.8 Å². The fourth-order valence-corrected chi connectivity index (χ4v) is 6.50. The van der Waals surface area contributed by atoms with Gasteiger partial charge < -0.3 is 4.74 Å². The standard InChI is InChI=1S/C30H24N2O3S2/c1-35-29(34)21-9-7-18(8-10-21)17-25-28(33)32-27(20-11-14-22(36-2)15-12-20)24-16-13-19-5-3-4-6-23(19)26(24)31-30(32)37-25/h3-12,14-15,17,27H,13,16H2,1-2H3. The Bertz CT molecular complexity index is 1730. The summed E-state index contributed by atoms with van der Waals surface area (Å²) in [5.41, 5.74) is 7.00. The molecular weight excluding hydrogens is 500 g/mol. The molecule has 184 valence electrons. The molecule has 1 aliphatic heterocycles. The zero-order valence-electron chi connectivity index (χ0n) is 20.4. The summed E-state index contributed by atoms with van der Waals surface area (Å²) in [7, 11) is 1.36. The number of fused-ring (bicyclic) bond motifs is 3. The van der Waals surface area contributed by atoms with Gasteiger partial charge in [0.2, 0.25) is 0 Å². The van der Waals surface area contributed by atoms with Gasteiger partial charge in [0.1, 0.15) is 0 Å². The van der Waals surface area contributed by atoms with E-state index < -0.39 is 0 Å². The fourth-order valence-electron chi connectivity index (χ4n) is 5.09. The molecule has 0 fully saturated rings. The van der Waals surface area contributed by atoms with Gasteiger partial charge in [-0.25, -0.2) is 9.79 Å². The minimum atomic E-state index is -0.385. The third-order valence-corrected chi connectivity index (χ3v) is 8.66. The number of benzene rings is 3. The first kappa shape index (κ1) is 23.7. The summed E-state index contributed by atoms with van der Waals surface area (Å²) in [6.45, 7) is 0. The molecule has 4 aromatic rings. The first-order valence-electron chi connectivity index (χ1n) is 12.0. The zero-order valence-corrected chi connectivity index (χ0v) is 22.1. The van der Waals surface area contributed by atoms with Crippen molar-refractivity contribution in [2.45, 2.75) is 23.8 Å². The van der Waals surface area contributed by atoms with Gasteiger partial charge in [-0.3, -0.25) is 9.36 Å². The molecule has 0 N–H and O–H groups in total. The maximum atomic E-state index is 13.8. The average molecular weight is 525 g/mol.